The van der Waals surface area contributed by atoms with Gasteiger partial charge in [-0.15, -0.1) is 34.8 Å². The van der Waals surface area contributed by atoms with Gasteiger partial charge in [0.15, 0.2) is 8.07 Å². The minimum Gasteiger partial charge on any atom is -0.340 e. The number of pyridine rings is 2. The molecule has 332 valence electrons. The molecule has 0 spiro atoms. The van der Waals surface area contributed by atoms with Crippen LogP contribution in [-0.2, 0) is 20.4 Å². The van der Waals surface area contributed by atoms with E-state index < -0.39 is 16.1 Å². The molecule has 9 aromatic carbocycles. The Morgan fingerprint density at radius 2 is 1.09 bits per heavy atom. The summed E-state index contributed by atoms with van der Waals surface area (Å²) in [6.45, 7) is 0. The quantitative estimate of drug-likeness (QED) is 0.0693. The molecule has 0 aliphatic carbocycles. The van der Waals surface area contributed by atoms with Gasteiger partial charge in [-0.05, 0) is 66.8 Å². The molecular weight excluding hydrogens is 995 g/mol. The van der Waals surface area contributed by atoms with Gasteiger partial charge in [0.05, 0.1) is 11.2 Å². The molecule has 0 bridgehead atoms. The molecule has 4 aromatic heterocycles. The first kappa shape index (κ1) is 42.7. The van der Waals surface area contributed by atoms with Crippen molar-refractivity contribution < 1.29 is 20.4 Å². The molecule has 0 N–H and O–H groups in total. The van der Waals surface area contributed by atoms with Gasteiger partial charge in [-0.25, -0.2) is 4.98 Å². The predicted molar refractivity (Wildman–Crippen MR) is 291 cm³/mol. The van der Waals surface area contributed by atoms with Crippen LogP contribution in [0.3, 0.4) is 0 Å². The van der Waals surface area contributed by atoms with Gasteiger partial charge in [0.25, 0.3) is 0 Å². The van der Waals surface area contributed by atoms with Crippen LogP contribution in [0.15, 0.2) is 253 Å². The maximum absolute atomic E-state index is 5.23. The predicted octanol–water partition coefficient (Wildman–Crippen LogP) is 8.95. The van der Waals surface area contributed by atoms with E-state index in [-0.39, 0.29) is 20.4 Å². The Balaban J connectivity index is 0.00000480. The normalized spacial score (nSPS) is 13.1. The van der Waals surface area contributed by atoms with E-state index >= 15 is 0 Å². The second kappa shape index (κ2) is 16.9. The van der Waals surface area contributed by atoms with Gasteiger partial charge in [0.1, 0.15) is 13.7 Å². The van der Waals surface area contributed by atoms with E-state index in [1.807, 2.05) is 24.2 Å². The number of imidazole rings is 1. The maximum Gasteiger partial charge on any atom is 2.00 e. The number of benzene rings is 9. The molecule has 0 saturated heterocycles. The Labute approximate surface area is 425 Å². The molecule has 0 amide bonds. The first-order valence-corrected chi connectivity index (χ1v) is 28.2. The molecule has 4 nitrogen and oxygen atoms in total. The third kappa shape index (κ3) is 6.11. The van der Waals surface area contributed by atoms with Crippen LogP contribution in [0.25, 0.3) is 54.9 Å². The third-order valence-electron chi connectivity index (χ3n) is 14.5. The van der Waals surface area contributed by atoms with Crippen molar-refractivity contribution in [3.05, 3.63) is 255 Å². The minimum atomic E-state index is -3.17. The van der Waals surface area contributed by atoms with Gasteiger partial charge in [-0.2, -0.15) is 23.4 Å². The Hall–Kier alpha value is -7.41. The topological polar surface area (TPSA) is 35.1 Å². The molecule has 8 heteroatoms. The molecule has 0 saturated carbocycles. The summed E-state index contributed by atoms with van der Waals surface area (Å²) in [5, 5.41) is 16.1. The largest absolute Gasteiger partial charge is 2.00 e. The standard InChI is InChI=1S/C62H40N4SSi2.Pd/c1-5-20-44(21-6-1)68(45-22-7-2-8-23-45,49-34-35-50-51-29-13-14-31-54(51)65-40-39-64-61(65)53(50)42-49)48-28-17-19-43(41-48)66-55-36-37-58-60(59(55)52-30-18-38-63-62(52)66)67-56-32-15-16-33-57(56)69(58,46-24-9-3-10-25-46)47-26-11-4-12-27-47;/h1-40H;/q-2;+2. The number of hydrogen-bond acceptors (Lipinski definition) is 3. The Kier molecular flexibility index (Phi) is 10.3. The molecule has 13 aromatic rings. The SMILES string of the molecule is [Pd+2].[c-]1c(-n2c3ccc4c(c3c3cccnc32)Sc2ccccc2[Si]4(c2ccccc2)c2ccccc2)cccc1[Si](c1[c-]c2c(cc1)c1ccccc1n1ccnc21)(c1ccccc1)c1ccccc1. The summed E-state index contributed by atoms with van der Waals surface area (Å²) in [5.41, 5.74) is 5.01. The zero-order chi connectivity index (χ0) is 45.5. The van der Waals surface area contributed by atoms with Crippen molar-refractivity contribution in [3.63, 3.8) is 0 Å². The number of aromatic nitrogens is 4. The van der Waals surface area contributed by atoms with Crippen molar-refractivity contribution in [1.29, 1.82) is 0 Å². The van der Waals surface area contributed by atoms with Gasteiger partial charge in [-0.3, -0.25) is 4.98 Å². The second-order valence-electron chi connectivity index (χ2n) is 17.9. The fraction of sp³-hybridized carbons (Fsp3) is 0. The van der Waals surface area contributed by atoms with E-state index in [0.717, 1.165) is 54.5 Å². The molecule has 1 aliphatic rings. The van der Waals surface area contributed by atoms with E-state index in [1.165, 1.54) is 51.7 Å². The summed E-state index contributed by atoms with van der Waals surface area (Å²) in [6, 6.07) is 91.3. The second-order valence-corrected chi connectivity index (χ2v) is 26.4. The fourth-order valence-corrected chi connectivity index (χ4v) is 23.3. The summed E-state index contributed by atoms with van der Waals surface area (Å²) in [6.07, 6.45) is 5.89. The zero-order valence-corrected chi connectivity index (χ0v) is 42.0. The van der Waals surface area contributed by atoms with Crippen molar-refractivity contribution in [3.8, 4) is 5.69 Å². The monoisotopic (exact) mass is 1030 g/mol. The average molecular weight is 1040 g/mol. The zero-order valence-electron chi connectivity index (χ0n) is 37.6. The van der Waals surface area contributed by atoms with Crippen molar-refractivity contribution in [2.75, 3.05) is 0 Å². The Morgan fingerprint density at radius 1 is 0.457 bits per heavy atom. The number of fused-ring (bicyclic) bond motifs is 12. The van der Waals surface area contributed by atoms with Crippen LogP contribution in [-0.4, -0.2) is 35.1 Å². The van der Waals surface area contributed by atoms with Crippen molar-refractivity contribution >= 4 is 119 Å². The van der Waals surface area contributed by atoms with Crippen LogP contribution in [0.4, 0.5) is 0 Å². The molecular formula is C62H40N4PdSSi2. The number of hydrogen-bond donors (Lipinski definition) is 0. The van der Waals surface area contributed by atoms with Crippen LogP contribution >= 0.6 is 11.8 Å². The van der Waals surface area contributed by atoms with Crippen molar-refractivity contribution in [1.82, 2.24) is 18.9 Å². The average Bonchev–Trinajstić information content (AvgIpc) is 4.06. The van der Waals surface area contributed by atoms with Gasteiger partial charge in [-0.1, -0.05) is 187 Å². The smallest absolute Gasteiger partial charge is 0.340 e. The van der Waals surface area contributed by atoms with Crippen LogP contribution in [0.2, 0.25) is 0 Å². The molecule has 14 rings (SSSR count). The van der Waals surface area contributed by atoms with Crippen LogP contribution in [0, 0.1) is 12.1 Å². The summed E-state index contributed by atoms with van der Waals surface area (Å²) in [5.74, 6) is 0. The van der Waals surface area contributed by atoms with Gasteiger partial charge in [0.2, 0.25) is 0 Å². The summed E-state index contributed by atoms with van der Waals surface area (Å²) in [7, 11) is -5.98. The number of rotatable bonds is 7. The minimum absolute atomic E-state index is 0. The van der Waals surface area contributed by atoms with E-state index in [9.17, 15) is 0 Å². The first-order valence-electron chi connectivity index (χ1n) is 23.4. The summed E-state index contributed by atoms with van der Waals surface area (Å²) < 4.78 is 4.57. The third-order valence-corrected chi connectivity index (χ3v) is 25.5. The van der Waals surface area contributed by atoms with E-state index in [2.05, 4.69) is 252 Å². The van der Waals surface area contributed by atoms with Gasteiger partial charge >= 0.3 is 20.4 Å². The van der Waals surface area contributed by atoms with Crippen LogP contribution in [0.1, 0.15) is 0 Å². The Bertz CT molecular complexity index is 4040. The van der Waals surface area contributed by atoms with Crippen LogP contribution in [0.5, 0.6) is 0 Å². The molecule has 70 heavy (non-hydrogen) atoms. The van der Waals surface area contributed by atoms with E-state index in [1.54, 1.807) is 0 Å². The molecule has 5 heterocycles. The molecule has 0 fully saturated rings. The molecule has 0 radical (unpaired) electrons. The van der Waals surface area contributed by atoms with Crippen molar-refractivity contribution in [2.45, 2.75) is 9.79 Å². The molecule has 1 aliphatic heterocycles. The molecule has 0 unspecified atom stereocenters. The molecule has 0 atom stereocenters. The van der Waals surface area contributed by atoms with E-state index in [0.29, 0.717) is 0 Å². The first-order chi connectivity index (χ1) is 34.2. The Morgan fingerprint density at radius 3 is 1.83 bits per heavy atom. The summed E-state index contributed by atoms with van der Waals surface area (Å²) >= 11 is 1.91. The van der Waals surface area contributed by atoms with Crippen LogP contribution < -0.4 is 41.5 Å². The van der Waals surface area contributed by atoms with Gasteiger partial charge in [0, 0.05) is 44.7 Å². The maximum atomic E-state index is 5.23. The number of para-hydroxylation sites is 1. The number of nitrogens with zero attached hydrogens (tertiary/aromatic N) is 4. The van der Waals surface area contributed by atoms with Crippen molar-refractivity contribution in [2.24, 2.45) is 0 Å². The fourth-order valence-electron chi connectivity index (χ4n) is 11.7. The summed E-state index contributed by atoms with van der Waals surface area (Å²) in [4.78, 5) is 12.8. The van der Waals surface area contributed by atoms with E-state index in [4.69, 9.17) is 9.97 Å². The van der Waals surface area contributed by atoms with Gasteiger partial charge < -0.3 is 8.97 Å².